The molecule has 3 aromatic rings. The fraction of sp³-hybridized carbons (Fsp3) is 0.360. The molecule has 1 aliphatic rings. The Hall–Kier alpha value is -2.34. The zero-order valence-electron chi connectivity index (χ0n) is 18.3. The molecule has 0 aliphatic carbocycles. The highest BCUT2D eigenvalue weighted by molar-refractivity contribution is 6.33. The Morgan fingerprint density at radius 1 is 1.12 bits per heavy atom. The third-order valence-electron chi connectivity index (χ3n) is 6.22. The number of nitrogens with one attached hydrogen (secondary N) is 1. The summed E-state index contributed by atoms with van der Waals surface area (Å²) in [5, 5.41) is 8.68. The van der Waals surface area contributed by atoms with Crippen molar-refractivity contribution < 1.29 is 9.53 Å². The van der Waals surface area contributed by atoms with Crippen LogP contribution in [0.5, 0.6) is 0 Å². The maximum atomic E-state index is 13.2. The Balaban J connectivity index is 1.53. The van der Waals surface area contributed by atoms with Crippen molar-refractivity contribution in [3.63, 3.8) is 0 Å². The predicted molar refractivity (Wildman–Crippen MR) is 128 cm³/mol. The van der Waals surface area contributed by atoms with Crippen molar-refractivity contribution in [3.8, 4) is 0 Å². The molecule has 1 fully saturated rings. The Labute approximate surface area is 198 Å². The molecular formula is C25H27Cl2N3O2. The van der Waals surface area contributed by atoms with E-state index >= 15 is 0 Å². The van der Waals surface area contributed by atoms with Crippen LogP contribution in [0.4, 0.5) is 0 Å². The van der Waals surface area contributed by atoms with E-state index in [0.29, 0.717) is 47.7 Å². The molecule has 0 saturated carbocycles. The third-order valence-corrected chi connectivity index (χ3v) is 6.84. The fourth-order valence-corrected chi connectivity index (χ4v) is 4.78. The van der Waals surface area contributed by atoms with Gasteiger partial charge in [-0.05, 0) is 49.9 Å². The lowest BCUT2D eigenvalue weighted by atomic mass is 9.74. The maximum Gasteiger partial charge on any atom is 0.256 e. The zero-order chi connectivity index (χ0) is 22.7. The van der Waals surface area contributed by atoms with Crippen molar-refractivity contribution in [1.29, 1.82) is 0 Å². The summed E-state index contributed by atoms with van der Waals surface area (Å²) in [6, 6.07) is 16.1. The lowest BCUT2D eigenvalue weighted by molar-refractivity contribution is 0.0487. The van der Waals surface area contributed by atoms with E-state index in [0.717, 1.165) is 24.0 Å². The minimum Gasteiger partial charge on any atom is -0.381 e. The molecule has 1 N–H and O–H groups in total. The van der Waals surface area contributed by atoms with Gasteiger partial charge in [-0.25, -0.2) is 4.68 Å². The first-order valence-electron chi connectivity index (χ1n) is 10.8. The summed E-state index contributed by atoms with van der Waals surface area (Å²) in [6.45, 7) is 6.15. The first kappa shape index (κ1) is 22.8. The van der Waals surface area contributed by atoms with Crippen molar-refractivity contribution in [2.45, 2.75) is 38.6 Å². The third kappa shape index (κ3) is 4.85. The van der Waals surface area contributed by atoms with Crippen LogP contribution in [-0.4, -0.2) is 35.4 Å². The number of carbonyl (C=O) groups excluding carboxylic acids is 1. The second kappa shape index (κ2) is 9.65. The van der Waals surface area contributed by atoms with E-state index in [1.165, 1.54) is 5.56 Å². The van der Waals surface area contributed by atoms with Crippen molar-refractivity contribution in [1.82, 2.24) is 15.1 Å². The van der Waals surface area contributed by atoms with Gasteiger partial charge in [0.1, 0.15) is 5.15 Å². The SMILES string of the molecule is Cc1ccc(Cn2nc(C)c(C(=O)NCC3(c4cccc(Cl)c4)CCOCC3)c2Cl)cc1. The summed E-state index contributed by atoms with van der Waals surface area (Å²) in [5.41, 5.74) is 4.20. The molecular weight excluding hydrogens is 445 g/mol. The van der Waals surface area contributed by atoms with Gasteiger partial charge in [-0.15, -0.1) is 0 Å². The molecule has 1 amide bonds. The standard InChI is InChI=1S/C25H27Cl2N3O2/c1-17-6-8-19(9-7-17)15-30-23(27)22(18(2)29-30)24(31)28-16-25(10-12-32-13-11-25)20-4-3-5-21(26)14-20/h3-9,14H,10-13,15-16H2,1-2H3,(H,28,31). The highest BCUT2D eigenvalue weighted by Crippen LogP contribution is 2.35. The van der Waals surface area contributed by atoms with Crippen LogP contribution in [0.3, 0.4) is 0 Å². The minimum absolute atomic E-state index is 0.212. The molecule has 32 heavy (non-hydrogen) atoms. The van der Waals surface area contributed by atoms with Gasteiger partial charge < -0.3 is 10.1 Å². The summed E-state index contributed by atoms with van der Waals surface area (Å²) in [5.74, 6) is -0.212. The monoisotopic (exact) mass is 471 g/mol. The van der Waals surface area contributed by atoms with E-state index < -0.39 is 0 Å². The largest absolute Gasteiger partial charge is 0.381 e. The molecule has 1 aliphatic heterocycles. The number of amides is 1. The number of carbonyl (C=O) groups is 1. The van der Waals surface area contributed by atoms with Crippen LogP contribution in [-0.2, 0) is 16.7 Å². The van der Waals surface area contributed by atoms with Gasteiger partial charge in [0.2, 0.25) is 0 Å². The Morgan fingerprint density at radius 2 is 1.84 bits per heavy atom. The van der Waals surface area contributed by atoms with E-state index in [-0.39, 0.29) is 11.3 Å². The van der Waals surface area contributed by atoms with Gasteiger partial charge in [0.15, 0.2) is 0 Å². The Bertz CT molecular complexity index is 1100. The predicted octanol–water partition coefficient (Wildman–Crippen LogP) is 5.33. The van der Waals surface area contributed by atoms with E-state index in [1.54, 1.807) is 4.68 Å². The average Bonchev–Trinajstić information content (AvgIpc) is 3.07. The first-order valence-corrected chi connectivity index (χ1v) is 11.5. The molecule has 0 bridgehead atoms. The molecule has 168 valence electrons. The first-order chi connectivity index (χ1) is 15.4. The number of rotatable bonds is 6. The number of aryl methyl sites for hydroxylation is 2. The molecule has 2 heterocycles. The van der Waals surface area contributed by atoms with Gasteiger partial charge in [0.05, 0.1) is 17.8 Å². The number of hydrogen-bond acceptors (Lipinski definition) is 3. The van der Waals surface area contributed by atoms with Gasteiger partial charge >= 0.3 is 0 Å². The van der Waals surface area contributed by atoms with Crippen LogP contribution < -0.4 is 5.32 Å². The quantitative estimate of drug-likeness (QED) is 0.528. The summed E-state index contributed by atoms with van der Waals surface area (Å²) in [6.07, 6.45) is 1.63. The van der Waals surface area contributed by atoms with Crippen LogP contribution >= 0.6 is 23.2 Å². The summed E-state index contributed by atoms with van der Waals surface area (Å²) in [7, 11) is 0. The van der Waals surface area contributed by atoms with Crippen LogP contribution in [0.2, 0.25) is 10.2 Å². The van der Waals surface area contributed by atoms with Crippen LogP contribution in [0.15, 0.2) is 48.5 Å². The number of aromatic nitrogens is 2. The Morgan fingerprint density at radius 3 is 2.53 bits per heavy atom. The molecule has 0 spiro atoms. The van der Waals surface area contributed by atoms with E-state index in [9.17, 15) is 4.79 Å². The van der Waals surface area contributed by atoms with Gasteiger partial charge in [0.25, 0.3) is 5.91 Å². The number of halogens is 2. The molecule has 1 aromatic heterocycles. The second-order valence-corrected chi connectivity index (χ2v) is 9.27. The zero-order valence-corrected chi connectivity index (χ0v) is 19.8. The lowest BCUT2D eigenvalue weighted by Crippen LogP contribution is -2.44. The number of ether oxygens (including phenoxy) is 1. The average molecular weight is 472 g/mol. The lowest BCUT2D eigenvalue weighted by Gasteiger charge is -2.38. The van der Waals surface area contributed by atoms with Gasteiger partial charge in [-0.1, -0.05) is 65.2 Å². The molecule has 0 atom stereocenters. The molecule has 5 nitrogen and oxygen atoms in total. The summed E-state index contributed by atoms with van der Waals surface area (Å²) < 4.78 is 7.27. The topological polar surface area (TPSA) is 56.2 Å². The van der Waals surface area contributed by atoms with Crippen molar-refractivity contribution in [2.24, 2.45) is 0 Å². The number of hydrogen-bond donors (Lipinski definition) is 1. The highest BCUT2D eigenvalue weighted by atomic mass is 35.5. The van der Waals surface area contributed by atoms with Crippen LogP contribution in [0.25, 0.3) is 0 Å². The van der Waals surface area contributed by atoms with Gasteiger partial charge in [-0.2, -0.15) is 5.10 Å². The second-order valence-electron chi connectivity index (χ2n) is 8.48. The fourth-order valence-electron chi connectivity index (χ4n) is 4.27. The normalized spacial score (nSPS) is 15.5. The van der Waals surface area contributed by atoms with E-state index in [1.807, 2.05) is 44.2 Å². The minimum atomic E-state index is -0.225. The van der Waals surface area contributed by atoms with Gasteiger partial charge in [0, 0.05) is 30.2 Å². The van der Waals surface area contributed by atoms with Crippen LogP contribution in [0.1, 0.15) is 45.6 Å². The molecule has 4 rings (SSSR count). The number of benzene rings is 2. The number of nitrogens with zero attached hydrogens (tertiary/aromatic N) is 2. The van der Waals surface area contributed by atoms with Crippen molar-refractivity contribution in [3.05, 3.63) is 86.7 Å². The van der Waals surface area contributed by atoms with Crippen molar-refractivity contribution in [2.75, 3.05) is 19.8 Å². The van der Waals surface area contributed by atoms with E-state index in [4.69, 9.17) is 27.9 Å². The molecule has 2 aromatic carbocycles. The van der Waals surface area contributed by atoms with Gasteiger partial charge in [-0.3, -0.25) is 4.79 Å². The maximum absolute atomic E-state index is 13.2. The van der Waals surface area contributed by atoms with Crippen molar-refractivity contribution >= 4 is 29.1 Å². The molecule has 0 radical (unpaired) electrons. The summed E-state index contributed by atoms with van der Waals surface area (Å²) >= 11 is 12.9. The molecule has 0 unspecified atom stereocenters. The van der Waals surface area contributed by atoms with Crippen LogP contribution in [0, 0.1) is 13.8 Å². The molecule has 7 heteroatoms. The molecule has 1 saturated heterocycles. The summed E-state index contributed by atoms with van der Waals surface area (Å²) in [4.78, 5) is 13.2. The smallest absolute Gasteiger partial charge is 0.256 e. The van der Waals surface area contributed by atoms with E-state index in [2.05, 4.69) is 28.6 Å². The highest BCUT2D eigenvalue weighted by Gasteiger charge is 2.35. The Kier molecular flexibility index (Phi) is 6.89.